The number of fused-ring (bicyclic) bond motifs is 1. The van der Waals surface area contributed by atoms with Crippen LogP contribution < -0.4 is 5.32 Å². The van der Waals surface area contributed by atoms with Crippen LogP contribution >= 0.6 is 0 Å². The molecule has 100 valence electrons. The first-order chi connectivity index (χ1) is 9.24. The van der Waals surface area contributed by atoms with E-state index in [-0.39, 0.29) is 0 Å². The van der Waals surface area contributed by atoms with Gasteiger partial charge in [-0.2, -0.15) is 0 Å². The molecule has 1 heteroatoms. The Balaban J connectivity index is 1.76. The van der Waals surface area contributed by atoms with Crippen LogP contribution in [0, 0.1) is 5.92 Å². The second kappa shape index (κ2) is 5.34. The molecule has 2 atom stereocenters. The molecule has 0 saturated heterocycles. The van der Waals surface area contributed by atoms with E-state index in [9.17, 15) is 0 Å². The molecule has 1 aliphatic rings. The van der Waals surface area contributed by atoms with Gasteiger partial charge >= 0.3 is 0 Å². The van der Waals surface area contributed by atoms with Crippen molar-refractivity contribution in [1.82, 2.24) is 5.32 Å². The van der Waals surface area contributed by atoms with Crippen molar-refractivity contribution in [3.63, 3.8) is 0 Å². The minimum Gasteiger partial charge on any atom is -0.311 e. The van der Waals surface area contributed by atoms with Gasteiger partial charge in [0.15, 0.2) is 0 Å². The van der Waals surface area contributed by atoms with Gasteiger partial charge in [0.25, 0.3) is 0 Å². The third kappa shape index (κ3) is 2.98. The van der Waals surface area contributed by atoms with Crippen molar-refractivity contribution in [3.8, 4) is 0 Å². The van der Waals surface area contributed by atoms with Crippen LogP contribution in [-0.2, 0) is 6.42 Å². The summed E-state index contributed by atoms with van der Waals surface area (Å²) in [6.07, 6.45) is 3.89. The molecule has 0 spiro atoms. The predicted molar refractivity (Wildman–Crippen MR) is 82.4 cm³/mol. The number of hydrogen-bond donors (Lipinski definition) is 1. The zero-order chi connectivity index (χ0) is 13.2. The smallest absolute Gasteiger partial charge is 0.00708 e. The fourth-order valence-electron chi connectivity index (χ4n) is 2.78. The van der Waals surface area contributed by atoms with E-state index in [1.807, 2.05) is 0 Å². The van der Waals surface area contributed by atoms with Crippen molar-refractivity contribution in [2.75, 3.05) is 0 Å². The molecular weight excluding hydrogens is 230 g/mol. The highest BCUT2D eigenvalue weighted by atomic mass is 15.0. The molecule has 0 radical (unpaired) electrons. The molecule has 1 nitrogen and oxygen atoms in total. The fourth-order valence-corrected chi connectivity index (χ4v) is 2.78. The second-order valence-electron chi connectivity index (χ2n) is 6.05. The molecular formula is C18H23N. The van der Waals surface area contributed by atoms with E-state index in [1.54, 1.807) is 0 Å². The third-order valence-electron chi connectivity index (χ3n) is 4.35. The van der Waals surface area contributed by atoms with E-state index in [4.69, 9.17) is 0 Å². The number of nitrogens with one attached hydrogen (secondary N) is 1. The summed E-state index contributed by atoms with van der Waals surface area (Å²) in [5.74, 6) is 0.673. The summed E-state index contributed by atoms with van der Waals surface area (Å²) in [6.45, 7) is 4.69. The van der Waals surface area contributed by atoms with Crippen LogP contribution in [0.3, 0.4) is 0 Å². The van der Waals surface area contributed by atoms with Gasteiger partial charge < -0.3 is 5.32 Å². The van der Waals surface area contributed by atoms with Crippen molar-refractivity contribution in [3.05, 3.63) is 48.0 Å². The molecule has 19 heavy (non-hydrogen) atoms. The van der Waals surface area contributed by atoms with Crippen LogP contribution in [0.15, 0.2) is 42.5 Å². The van der Waals surface area contributed by atoms with Crippen molar-refractivity contribution >= 4 is 10.8 Å². The first kappa shape index (κ1) is 12.7. The van der Waals surface area contributed by atoms with Crippen molar-refractivity contribution in [2.45, 2.75) is 45.2 Å². The van der Waals surface area contributed by atoms with Crippen molar-refractivity contribution < 1.29 is 0 Å². The molecule has 2 unspecified atom stereocenters. The lowest BCUT2D eigenvalue weighted by Crippen LogP contribution is -2.34. The van der Waals surface area contributed by atoms with E-state index in [2.05, 4.69) is 61.6 Å². The first-order valence-corrected chi connectivity index (χ1v) is 7.47. The highest BCUT2D eigenvalue weighted by Crippen LogP contribution is 2.24. The number of hydrogen-bond acceptors (Lipinski definition) is 1. The molecule has 0 amide bonds. The summed E-state index contributed by atoms with van der Waals surface area (Å²) in [7, 11) is 0. The van der Waals surface area contributed by atoms with Crippen LogP contribution in [0.4, 0.5) is 0 Å². The predicted octanol–water partition coefficient (Wildman–Crippen LogP) is 4.16. The van der Waals surface area contributed by atoms with Gasteiger partial charge in [-0.15, -0.1) is 0 Å². The maximum Gasteiger partial charge on any atom is 0.00708 e. The van der Waals surface area contributed by atoms with Gasteiger partial charge in [-0.05, 0) is 48.4 Å². The van der Waals surface area contributed by atoms with Gasteiger partial charge in [-0.1, -0.05) is 49.4 Å². The molecule has 0 aliphatic heterocycles. The van der Waals surface area contributed by atoms with Crippen LogP contribution in [-0.4, -0.2) is 12.1 Å². The van der Waals surface area contributed by atoms with E-state index in [0.29, 0.717) is 12.0 Å². The van der Waals surface area contributed by atoms with E-state index < -0.39 is 0 Å². The van der Waals surface area contributed by atoms with Gasteiger partial charge in [0.2, 0.25) is 0 Å². The Morgan fingerprint density at radius 3 is 2.58 bits per heavy atom. The molecule has 1 N–H and O–H groups in total. The highest BCUT2D eigenvalue weighted by molar-refractivity contribution is 5.85. The SMILES string of the molecule is CC(Cc1cccc2ccccc12)C(C)NC1CC1. The maximum absolute atomic E-state index is 3.72. The molecule has 0 heterocycles. The van der Waals surface area contributed by atoms with Crippen LogP contribution in [0.5, 0.6) is 0 Å². The van der Waals surface area contributed by atoms with Gasteiger partial charge in [-0.25, -0.2) is 0 Å². The minimum atomic E-state index is 0.603. The molecule has 1 fully saturated rings. The summed E-state index contributed by atoms with van der Waals surface area (Å²) in [5, 5.41) is 6.49. The van der Waals surface area contributed by atoms with Crippen LogP contribution in [0.2, 0.25) is 0 Å². The van der Waals surface area contributed by atoms with Gasteiger partial charge in [-0.3, -0.25) is 0 Å². The van der Waals surface area contributed by atoms with Crippen LogP contribution in [0.25, 0.3) is 10.8 Å². The Kier molecular flexibility index (Phi) is 3.56. The largest absolute Gasteiger partial charge is 0.311 e. The van der Waals surface area contributed by atoms with Gasteiger partial charge in [0, 0.05) is 12.1 Å². The van der Waals surface area contributed by atoms with Crippen molar-refractivity contribution in [1.29, 1.82) is 0 Å². The molecule has 0 bridgehead atoms. The van der Waals surface area contributed by atoms with Crippen molar-refractivity contribution in [2.24, 2.45) is 5.92 Å². The average molecular weight is 253 g/mol. The molecule has 0 aromatic heterocycles. The Morgan fingerprint density at radius 2 is 1.79 bits per heavy atom. The lowest BCUT2D eigenvalue weighted by atomic mass is 9.92. The Morgan fingerprint density at radius 1 is 1.05 bits per heavy atom. The quantitative estimate of drug-likeness (QED) is 0.843. The monoisotopic (exact) mass is 253 g/mol. The Bertz CT molecular complexity index is 551. The Labute approximate surface area is 116 Å². The average Bonchev–Trinajstić information content (AvgIpc) is 3.23. The molecule has 2 aromatic rings. The molecule has 1 aliphatic carbocycles. The first-order valence-electron chi connectivity index (χ1n) is 7.47. The minimum absolute atomic E-state index is 0.603. The summed E-state index contributed by atoms with van der Waals surface area (Å²) >= 11 is 0. The standard InChI is InChI=1S/C18H23N/c1-13(14(2)19-17-10-11-17)12-16-8-5-7-15-6-3-4-9-18(15)16/h3-9,13-14,17,19H,10-12H2,1-2H3. The lowest BCUT2D eigenvalue weighted by molar-refractivity contribution is 0.396. The fraction of sp³-hybridized carbons (Fsp3) is 0.444. The molecule has 1 saturated carbocycles. The summed E-state index contributed by atoms with van der Waals surface area (Å²) in [4.78, 5) is 0. The number of rotatable bonds is 5. The van der Waals surface area contributed by atoms with Gasteiger partial charge in [0.05, 0.1) is 0 Å². The highest BCUT2D eigenvalue weighted by Gasteiger charge is 2.25. The van der Waals surface area contributed by atoms with E-state index in [0.717, 1.165) is 12.5 Å². The van der Waals surface area contributed by atoms with Crippen LogP contribution in [0.1, 0.15) is 32.3 Å². The third-order valence-corrected chi connectivity index (χ3v) is 4.35. The Hall–Kier alpha value is -1.34. The zero-order valence-corrected chi connectivity index (χ0v) is 11.9. The van der Waals surface area contributed by atoms with E-state index >= 15 is 0 Å². The maximum atomic E-state index is 3.72. The topological polar surface area (TPSA) is 12.0 Å². The van der Waals surface area contributed by atoms with Gasteiger partial charge in [0.1, 0.15) is 0 Å². The lowest BCUT2D eigenvalue weighted by Gasteiger charge is -2.22. The molecule has 2 aromatic carbocycles. The second-order valence-corrected chi connectivity index (χ2v) is 6.05. The zero-order valence-electron chi connectivity index (χ0n) is 11.9. The number of benzene rings is 2. The summed E-state index contributed by atoms with van der Waals surface area (Å²) in [6, 6.07) is 16.8. The van der Waals surface area contributed by atoms with E-state index in [1.165, 1.54) is 29.2 Å². The normalized spacial score (nSPS) is 18.4. The summed E-state index contributed by atoms with van der Waals surface area (Å²) < 4.78 is 0. The molecule has 3 rings (SSSR count). The summed E-state index contributed by atoms with van der Waals surface area (Å²) in [5.41, 5.74) is 1.48.